The van der Waals surface area contributed by atoms with Gasteiger partial charge in [-0.2, -0.15) is 5.26 Å². The summed E-state index contributed by atoms with van der Waals surface area (Å²) in [6, 6.07) is 8.93. The van der Waals surface area contributed by atoms with Crippen molar-refractivity contribution in [1.29, 1.82) is 5.26 Å². The lowest BCUT2D eigenvalue weighted by molar-refractivity contribution is 0.0944. The number of halogens is 1. The molecule has 0 aromatic heterocycles. The Bertz CT molecular complexity index is 398. The second kappa shape index (κ2) is 5.71. The molecule has 0 spiro atoms. The molecule has 1 unspecified atom stereocenters. The van der Waals surface area contributed by atoms with Crippen LogP contribution in [0.25, 0.3) is 0 Å². The first-order valence-corrected chi connectivity index (χ1v) is 5.72. The normalized spacial score (nSPS) is 11.5. The molecule has 1 aromatic rings. The zero-order valence-electron chi connectivity index (χ0n) is 8.33. The molecule has 0 aliphatic heterocycles. The van der Waals surface area contributed by atoms with E-state index in [9.17, 15) is 4.79 Å². The standard InChI is InChI=1S/C11H11IN2O/c1-2-8(7-13)14-11(15)9-5-3-4-6-10(9)12/h3-6,8H,2H2,1H3,(H,14,15). The van der Waals surface area contributed by atoms with Crippen LogP contribution >= 0.6 is 22.6 Å². The van der Waals surface area contributed by atoms with Crippen molar-refractivity contribution in [3.8, 4) is 6.07 Å². The maximum absolute atomic E-state index is 11.7. The van der Waals surface area contributed by atoms with Crippen LogP contribution in [0.3, 0.4) is 0 Å². The second-order valence-electron chi connectivity index (χ2n) is 3.04. The minimum absolute atomic E-state index is 0.187. The summed E-state index contributed by atoms with van der Waals surface area (Å²) >= 11 is 2.10. The molecule has 0 aliphatic rings. The average molecular weight is 314 g/mol. The maximum Gasteiger partial charge on any atom is 0.253 e. The van der Waals surface area contributed by atoms with E-state index in [0.717, 1.165) is 3.57 Å². The van der Waals surface area contributed by atoms with Gasteiger partial charge < -0.3 is 5.32 Å². The molecule has 0 fully saturated rings. The van der Waals surface area contributed by atoms with E-state index in [1.807, 2.05) is 31.2 Å². The summed E-state index contributed by atoms with van der Waals surface area (Å²) in [5, 5.41) is 11.4. The molecule has 15 heavy (non-hydrogen) atoms. The van der Waals surface area contributed by atoms with Crippen LogP contribution in [-0.4, -0.2) is 11.9 Å². The van der Waals surface area contributed by atoms with Crippen molar-refractivity contribution >= 4 is 28.5 Å². The Morgan fingerprint density at radius 2 is 2.27 bits per heavy atom. The zero-order valence-corrected chi connectivity index (χ0v) is 10.5. The number of nitrogens with zero attached hydrogens (tertiary/aromatic N) is 1. The van der Waals surface area contributed by atoms with Gasteiger partial charge in [-0.1, -0.05) is 19.1 Å². The lowest BCUT2D eigenvalue weighted by atomic mass is 10.2. The molecular formula is C11H11IN2O. The molecule has 3 nitrogen and oxygen atoms in total. The van der Waals surface area contributed by atoms with Crippen LogP contribution in [0.15, 0.2) is 24.3 Å². The van der Waals surface area contributed by atoms with Crippen LogP contribution in [0, 0.1) is 14.9 Å². The number of rotatable bonds is 3. The Morgan fingerprint density at radius 1 is 1.60 bits per heavy atom. The Kier molecular flexibility index (Phi) is 4.56. The Labute approximate surface area is 103 Å². The molecule has 4 heteroatoms. The van der Waals surface area contributed by atoms with E-state index in [0.29, 0.717) is 12.0 Å². The molecule has 0 bridgehead atoms. The Balaban J connectivity index is 2.79. The first kappa shape index (κ1) is 12.0. The second-order valence-corrected chi connectivity index (χ2v) is 4.21. The molecule has 0 radical (unpaired) electrons. The third-order valence-electron chi connectivity index (χ3n) is 1.99. The van der Waals surface area contributed by atoms with Gasteiger partial charge in [0.15, 0.2) is 0 Å². The van der Waals surface area contributed by atoms with Crippen molar-refractivity contribution in [3.05, 3.63) is 33.4 Å². The van der Waals surface area contributed by atoms with Crippen LogP contribution in [0.2, 0.25) is 0 Å². The first-order chi connectivity index (χ1) is 7.19. The van der Waals surface area contributed by atoms with Gasteiger partial charge in [0.2, 0.25) is 0 Å². The Morgan fingerprint density at radius 3 is 2.80 bits per heavy atom. The highest BCUT2D eigenvalue weighted by Crippen LogP contribution is 2.11. The van der Waals surface area contributed by atoms with Crippen molar-refractivity contribution in [2.75, 3.05) is 0 Å². The van der Waals surface area contributed by atoms with Gasteiger partial charge in [-0.25, -0.2) is 0 Å². The van der Waals surface area contributed by atoms with E-state index in [-0.39, 0.29) is 5.91 Å². The Hall–Kier alpha value is -1.09. The number of nitriles is 1. The summed E-state index contributed by atoms with van der Waals surface area (Å²) in [6.45, 7) is 1.87. The highest BCUT2D eigenvalue weighted by molar-refractivity contribution is 14.1. The van der Waals surface area contributed by atoms with Gasteiger partial charge in [-0.3, -0.25) is 4.79 Å². The van der Waals surface area contributed by atoms with Crippen LogP contribution in [0.4, 0.5) is 0 Å². The van der Waals surface area contributed by atoms with Crippen molar-refractivity contribution in [2.24, 2.45) is 0 Å². The van der Waals surface area contributed by atoms with Crippen LogP contribution in [0.1, 0.15) is 23.7 Å². The van der Waals surface area contributed by atoms with Gasteiger partial charge in [-0.15, -0.1) is 0 Å². The SMILES string of the molecule is CCC(C#N)NC(=O)c1ccccc1I. The predicted molar refractivity (Wildman–Crippen MR) is 66.3 cm³/mol. The van der Waals surface area contributed by atoms with Crippen molar-refractivity contribution in [1.82, 2.24) is 5.32 Å². The number of nitrogens with one attached hydrogen (secondary N) is 1. The maximum atomic E-state index is 11.7. The number of amides is 1. The fourth-order valence-electron chi connectivity index (χ4n) is 1.11. The lowest BCUT2D eigenvalue weighted by Crippen LogP contribution is -2.33. The smallest absolute Gasteiger partial charge is 0.253 e. The van der Waals surface area contributed by atoms with E-state index < -0.39 is 6.04 Å². The molecule has 1 aromatic carbocycles. The summed E-state index contributed by atoms with van der Waals surface area (Å²) in [7, 11) is 0. The van der Waals surface area contributed by atoms with Crippen molar-refractivity contribution in [3.63, 3.8) is 0 Å². The van der Waals surface area contributed by atoms with E-state index in [4.69, 9.17) is 5.26 Å². The topological polar surface area (TPSA) is 52.9 Å². The largest absolute Gasteiger partial charge is 0.336 e. The van der Waals surface area contributed by atoms with Crippen molar-refractivity contribution < 1.29 is 4.79 Å². The van der Waals surface area contributed by atoms with E-state index in [1.54, 1.807) is 6.07 Å². The summed E-state index contributed by atoms with van der Waals surface area (Å²) < 4.78 is 0.889. The number of carbonyl (C=O) groups excluding carboxylic acids is 1. The summed E-state index contributed by atoms with van der Waals surface area (Å²) in [4.78, 5) is 11.7. The lowest BCUT2D eigenvalue weighted by Gasteiger charge is -2.09. The van der Waals surface area contributed by atoms with Crippen LogP contribution in [0.5, 0.6) is 0 Å². The van der Waals surface area contributed by atoms with E-state index >= 15 is 0 Å². The predicted octanol–water partition coefficient (Wildman–Crippen LogP) is 2.32. The highest BCUT2D eigenvalue weighted by Gasteiger charge is 2.12. The summed E-state index contributed by atoms with van der Waals surface area (Å²) in [5.41, 5.74) is 0.617. The molecule has 1 N–H and O–H groups in total. The third kappa shape index (κ3) is 3.20. The van der Waals surface area contributed by atoms with Crippen LogP contribution in [-0.2, 0) is 0 Å². The summed E-state index contributed by atoms with van der Waals surface area (Å²) in [6.07, 6.45) is 0.617. The van der Waals surface area contributed by atoms with Crippen LogP contribution < -0.4 is 5.32 Å². The molecule has 0 heterocycles. The van der Waals surface area contributed by atoms with Gasteiger partial charge in [0.05, 0.1) is 11.6 Å². The molecule has 78 valence electrons. The van der Waals surface area contributed by atoms with E-state index in [1.165, 1.54) is 0 Å². The van der Waals surface area contributed by atoms with Gasteiger partial charge in [0.1, 0.15) is 6.04 Å². The zero-order chi connectivity index (χ0) is 11.3. The summed E-state index contributed by atoms with van der Waals surface area (Å²) in [5.74, 6) is -0.187. The average Bonchev–Trinajstić information content (AvgIpc) is 2.26. The molecular weight excluding hydrogens is 303 g/mol. The minimum Gasteiger partial charge on any atom is -0.336 e. The quantitative estimate of drug-likeness (QED) is 0.871. The highest BCUT2D eigenvalue weighted by atomic mass is 127. The monoisotopic (exact) mass is 314 g/mol. The minimum atomic E-state index is -0.409. The molecule has 0 saturated carbocycles. The van der Waals surface area contributed by atoms with E-state index in [2.05, 4.69) is 27.9 Å². The third-order valence-corrected chi connectivity index (χ3v) is 2.93. The fourth-order valence-corrected chi connectivity index (χ4v) is 1.74. The molecule has 1 rings (SSSR count). The van der Waals surface area contributed by atoms with Gasteiger partial charge in [0, 0.05) is 3.57 Å². The fraction of sp³-hybridized carbons (Fsp3) is 0.273. The number of benzene rings is 1. The number of hydrogen-bond acceptors (Lipinski definition) is 2. The van der Waals surface area contributed by atoms with Crippen molar-refractivity contribution in [2.45, 2.75) is 19.4 Å². The molecule has 0 aliphatic carbocycles. The molecule has 0 saturated heterocycles. The number of hydrogen-bond donors (Lipinski definition) is 1. The number of carbonyl (C=O) groups is 1. The van der Waals surface area contributed by atoms with Gasteiger partial charge in [-0.05, 0) is 41.1 Å². The molecule has 1 atom stereocenters. The molecule has 1 amide bonds. The van der Waals surface area contributed by atoms with Gasteiger partial charge in [0.25, 0.3) is 5.91 Å². The van der Waals surface area contributed by atoms with Gasteiger partial charge >= 0.3 is 0 Å². The first-order valence-electron chi connectivity index (χ1n) is 4.64.